The highest BCUT2D eigenvalue weighted by atomic mass is 19.1. The van der Waals surface area contributed by atoms with Crippen LogP contribution in [-0.2, 0) is 6.54 Å². The van der Waals surface area contributed by atoms with Crippen LogP contribution in [0.25, 0.3) is 0 Å². The van der Waals surface area contributed by atoms with Crippen LogP contribution in [-0.4, -0.2) is 19.0 Å². The molecule has 1 unspecified atom stereocenters. The minimum Gasteiger partial charge on any atom is -0.354 e. The van der Waals surface area contributed by atoms with Crippen molar-refractivity contribution in [2.45, 2.75) is 52.1 Å². The lowest BCUT2D eigenvalue weighted by atomic mass is 10.1. The Kier molecular flexibility index (Phi) is 7.98. The summed E-state index contributed by atoms with van der Waals surface area (Å²) in [5.74, 6) is 0.323. The van der Waals surface area contributed by atoms with Gasteiger partial charge in [-0.1, -0.05) is 26.2 Å². The van der Waals surface area contributed by atoms with Gasteiger partial charge in [0, 0.05) is 25.2 Å². The zero-order valence-corrected chi connectivity index (χ0v) is 13.6. The molecule has 0 saturated heterocycles. The average molecular weight is 304 g/mol. The highest BCUT2D eigenvalue weighted by molar-refractivity contribution is 5.79. The van der Waals surface area contributed by atoms with E-state index in [1.54, 1.807) is 13.1 Å². The van der Waals surface area contributed by atoms with Gasteiger partial charge >= 0.3 is 0 Å². The molecule has 0 bridgehead atoms. The van der Waals surface area contributed by atoms with E-state index >= 15 is 0 Å². The van der Waals surface area contributed by atoms with Crippen LogP contribution in [0.1, 0.15) is 50.7 Å². The molecule has 0 aliphatic rings. The van der Waals surface area contributed by atoms with Crippen molar-refractivity contribution in [3.63, 3.8) is 0 Å². The van der Waals surface area contributed by atoms with E-state index < -0.39 is 0 Å². The number of guanidine groups is 1. The lowest BCUT2D eigenvalue weighted by Gasteiger charge is -2.18. The topological polar surface area (TPSA) is 60.2 Å². The van der Waals surface area contributed by atoms with E-state index in [0.29, 0.717) is 29.7 Å². The molecule has 1 atom stereocenters. The minimum atomic E-state index is -0.321. The predicted molar refractivity (Wildman–Crippen MR) is 88.1 cm³/mol. The van der Waals surface area contributed by atoms with Crippen molar-refractivity contribution >= 4 is 5.96 Å². The summed E-state index contributed by atoms with van der Waals surface area (Å²) in [6.07, 6.45) is 4.69. The molecule has 120 valence electrons. The number of nitriles is 1. The molecule has 0 amide bonds. The predicted octanol–water partition coefficient (Wildman–Crippen LogP) is 3.33. The standard InChI is InChI=1S/C17H25FN4/c1-4-5-6-7-13(2)22-17(20-3)21-12-15-10-14(11-19)8-9-16(15)18/h8-10,13H,4-7,12H2,1-3H3,(H2,20,21,22). The summed E-state index contributed by atoms with van der Waals surface area (Å²) < 4.78 is 13.7. The van der Waals surface area contributed by atoms with E-state index in [1.165, 1.54) is 31.4 Å². The molecule has 0 spiro atoms. The van der Waals surface area contributed by atoms with Crippen LogP contribution in [0.3, 0.4) is 0 Å². The molecule has 1 rings (SSSR count). The van der Waals surface area contributed by atoms with Crippen molar-refractivity contribution in [3.8, 4) is 6.07 Å². The summed E-state index contributed by atoms with van der Waals surface area (Å²) in [4.78, 5) is 4.15. The van der Waals surface area contributed by atoms with Gasteiger partial charge in [-0.3, -0.25) is 4.99 Å². The van der Waals surface area contributed by atoms with Crippen LogP contribution in [0, 0.1) is 17.1 Å². The quantitative estimate of drug-likeness (QED) is 0.461. The number of unbranched alkanes of at least 4 members (excludes halogenated alkanes) is 2. The fourth-order valence-electron chi connectivity index (χ4n) is 2.16. The van der Waals surface area contributed by atoms with Crippen molar-refractivity contribution in [2.75, 3.05) is 7.05 Å². The van der Waals surface area contributed by atoms with Crippen molar-refractivity contribution in [1.82, 2.24) is 10.6 Å². The third-order valence-corrected chi connectivity index (χ3v) is 3.47. The first-order valence-corrected chi connectivity index (χ1v) is 7.76. The van der Waals surface area contributed by atoms with Gasteiger partial charge in [-0.25, -0.2) is 4.39 Å². The average Bonchev–Trinajstić information content (AvgIpc) is 2.53. The normalized spacial score (nSPS) is 12.6. The van der Waals surface area contributed by atoms with E-state index in [4.69, 9.17) is 5.26 Å². The second-order valence-electron chi connectivity index (χ2n) is 5.38. The zero-order chi connectivity index (χ0) is 16.4. The van der Waals surface area contributed by atoms with Gasteiger partial charge in [-0.2, -0.15) is 5.26 Å². The first-order chi connectivity index (χ1) is 10.6. The van der Waals surface area contributed by atoms with Crippen molar-refractivity contribution < 1.29 is 4.39 Å². The van der Waals surface area contributed by atoms with E-state index in [2.05, 4.69) is 29.5 Å². The highest BCUT2D eigenvalue weighted by Crippen LogP contribution is 2.10. The Bertz CT molecular complexity index is 534. The largest absolute Gasteiger partial charge is 0.354 e. The maximum atomic E-state index is 13.7. The van der Waals surface area contributed by atoms with E-state index in [1.807, 2.05) is 6.07 Å². The molecule has 0 aromatic heterocycles. The molecule has 0 fully saturated rings. The second-order valence-corrected chi connectivity index (χ2v) is 5.38. The van der Waals surface area contributed by atoms with Crippen LogP contribution in [0.2, 0.25) is 0 Å². The Hall–Kier alpha value is -2.09. The van der Waals surface area contributed by atoms with Gasteiger partial charge in [0.05, 0.1) is 11.6 Å². The van der Waals surface area contributed by atoms with Crippen LogP contribution in [0.4, 0.5) is 4.39 Å². The Morgan fingerprint density at radius 3 is 2.82 bits per heavy atom. The maximum Gasteiger partial charge on any atom is 0.191 e. The van der Waals surface area contributed by atoms with Gasteiger partial charge in [0.15, 0.2) is 5.96 Å². The maximum absolute atomic E-state index is 13.7. The molecule has 0 heterocycles. The van der Waals surface area contributed by atoms with Crippen molar-refractivity contribution in [3.05, 3.63) is 35.1 Å². The van der Waals surface area contributed by atoms with Crippen molar-refractivity contribution in [2.24, 2.45) is 4.99 Å². The molecule has 2 N–H and O–H groups in total. The highest BCUT2D eigenvalue weighted by Gasteiger charge is 2.07. The molecular weight excluding hydrogens is 279 g/mol. The smallest absolute Gasteiger partial charge is 0.191 e. The number of benzene rings is 1. The molecule has 22 heavy (non-hydrogen) atoms. The Labute approximate surface area is 132 Å². The molecule has 0 aliphatic carbocycles. The lowest BCUT2D eigenvalue weighted by molar-refractivity contribution is 0.545. The lowest BCUT2D eigenvalue weighted by Crippen LogP contribution is -2.41. The fraction of sp³-hybridized carbons (Fsp3) is 0.529. The molecule has 1 aromatic rings. The van der Waals surface area contributed by atoms with E-state index in [0.717, 1.165) is 6.42 Å². The summed E-state index contributed by atoms with van der Waals surface area (Å²) in [6.45, 7) is 4.59. The number of nitrogens with zero attached hydrogens (tertiary/aromatic N) is 2. The van der Waals surface area contributed by atoms with E-state index in [9.17, 15) is 4.39 Å². The number of halogens is 1. The molecule has 4 nitrogen and oxygen atoms in total. The first-order valence-electron chi connectivity index (χ1n) is 7.76. The van der Waals surface area contributed by atoms with Crippen LogP contribution >= 0.6 is 0 Å². The van der Waals surface area contributed by atoms with Crippen LogP contribution in [0.15, 0.2) is 23.2 Å². The zero-order valence-electron chi connectivity index (χ0n) is 13.6. The molecular formula is C17H25FN4. The second kappa shape index (κ2) is 9.78. The van der Waals surface area contributed by atoms with Crippen LogP contribution < -0.4 is 10.6 Å². The summed E-state index contributed by atoms with van der Waals surface area (Å²) in [5, 5.41) is 15.3. The molecule has 0 radical (unpaired) electrons. The van der Waals surface area contributed by atoms with Crippen molar-refractivity contribution in [1.29, 1.82) is 5.26 Å². The van der Waals surface area contributed by atoms with E-state index in [-0.39, 0.29) is 5.82 Å². The number of rotatable bonds is 7. The van der Waals surface area contributed by atoms with Gasteiger partial charge in [0.2, 0.25) is 0 Å². The molecule has 0 aliphatic heterocycles. The molecule has 5 heteroatoms. The number of hydrogen-bond acceptors (Lipinski definition) is 2. The van der Waals surface area contributed by atoms with Gasteiger partial charge in [-0.05, 0) is 31.5 Å². The third-order valence-electron chi connectivity index (χ3n) is 3.47. The van der Waals surface area contributed by atoms with Crippen LogP contribution in [0.5, 0.6) is 0 Å². The molecule has 1 aromatic carbocycles. The molecule has 0 saturated carbocycles. The van der Waals surface area contributed by atoms with Gasteiger partial charge in [0.25, 0.3) is 0 Å². The summed E-state index contributed by atoms with van der Waals surface area (Å²) >= 11 is 0. The summed E-state index contributed by atoms with van der Waals surface area (Å²) in [5.41, 5.74) is 0.912. The SMILES string of the molecule is CCCCCC(C)NC(=NC)NCc1cc(C#N)ccc1F. The van der Waals surface area contributed by atoms with Gasteiger partial charge in [-0.15, -0.1) is 0 Å². The summed E-state index contributed by atoms with van der Waals surface area (Å²) in [7, 11) is 1.69. The van der Waals surface area contributed by atoms with Gasteiger partial charge < -0.3 is 10.6 Å². The Balaban J connectivity index is 2.52. The number of nitrogens with one attached hydrogen (secondary N) is 2. The summed E-state index contributed by atoms with van der Waals surface area (Å²) in [6, 6.07) is 6.68. The Morgan fingerprint density at radius 1 is 1.41 bits per heavy atom. The first kappa shape index (κ1) is 18.0. The Morgan fingerprint density at radius 2 is 2.18 bits per heavy atom. The monoisotopic (exact) mass is 304 g/mol. The van der Waals surface area contributed by atoms with Gasteiger partial charge in [0.1, 0.15) is 5.82 Å². The number of hydrogen-bond donors (Lipinski definition) is 2. The third kappa shape index (κ3) is 6.13. The minimum absolute atomic E-state index is 0.294. The fourth-order valence-corrected chi connectivity index (χ4v) is 2.16. The number of aliphatic imine (C=N–C) groups is 1.